The number of esters is 4. The van der Waals surface area contributed by atoms with E-state index in [0.29, 0.717) is 32.5 Å². The molecule has 4 aliphatic rings. The number of hydrogen-bond donors (Lipinski definition) is 15. The van der Waals surface area contributed by atoms with E-state index >= 15 is 0 Å². The Labute approximate surface area is 849 Å². The average molecular weight is 2040 g/mol. The fourth-order valence-corrected chi connectivity index (χ4v) is 19.3. The lowest BCUT2D eigenvalue weighted by Gasteiger charge is -2.37. The Morgan fingerprint density at radius 3 is 0.867 bits per heavy atom. The number of alkyl carbamates (subject to hydrolysis) is 7. The van der Waals surface area contributed by atoms with Crippen molar-refractivity contribution in [3.63, 3.8) is 0 Å². The van der Waals surface area contributed by atoms with Gasteiger partial charge >= 0.3 is 66.5 Å². The van der Waals surface area contributed by atoms with Crippen molar-refractivity contribution in [2.75, 3.05) is 61.7 Å². The summed E-state index contributed by atoms with van der Waals surface area (Å²) in [7, 11) is 6.97. The van der Waals surface area contributed by atoms with Crippen LogP contribution >= 0.6 is 0 Å². The molecule has 20 unspecified atom stereocenters. The average Bonchev–Trinajstić information content (AvgIpc) is 1.63. The van der Waals surface area contributed by atoms with E-state index in [-0.39, 0.29) is 78.9 Å². The summed E-state index contributed by atoms with van der Waals surface area (Å²) in [5.41, 5.74) is 1.74. The van der Waals surface area contributed by atoms with Gasteiger partial charge in [0.25, 0.3) is 0 Å². The van der Waals surface area contributed by atoms with Crippen molar-refractivity contribution in [2.45, 2.75) is 416 Å². The Kier molecular flexibility index (Phi) is 58.9. The first-order chi connectivity index (χ1) is 66.6. The second-order valence-electron chi connectivity index (χ2n) is 42.3. The van der Waals surface area contributed by atoms with Crippen LogP contribution in [0.5, 0.6) is 0 Å². The van der Waals surface area contributed by atoms with E-state index in [9.17, 15) is 82.1 Å². The summed E-state index contributed by atoms with van der Waals surface area (Å²) < 4.78 is 58.6. The van der Waals surface area contributed by atoms with Gasteiger partial charge in [-0.1, -0.05) is 132 Å². The molecule has 143 heavy (non-hydrogen) atoms. The number of nitrogens with two attached hydrogens (primary N) is 1. The predicted molar refractivity (Wildman–Crippen MR) is 539 cm³/mol. The summed E-state index contributed by atoms with van der Waals surface area (Å²) in [6.07, 6.45) is 5.00. The van der Waals surface area contributed by atoms with Crippen molar-refractivity contribution in [1.29, 1.82) is 0 Å². The zero-order valence-corrected chi connectivity index (χ0v) is 91.9. The van der Waals surface area contributed by atoms with Crippen molar-refractivity contribution >= 4 is 96.1 Å². The fourth-order valence-electron chi connectivity index (χ4n) is 19.3. The number of ether oxygens (including phenoxy) is 11. The maximum Gasteiger partial charge on any atom is 0.414 e. The number of rotatable bonds is 43. The van der Waals surface area contributed by atoms with Gasteiger partial charge in [0.2, 0.25) is 29.6 Å². The third-order valence-corrected chi connectivity index (χ3v) is 25.6. The molecule has 0 aromatic rings. The van der Waals surface area contributed by atoms with Gasteiger partial charge in [0, 0.05) is 107 Å². The van der Waals surface area contributed by atoms with Crippen LogP contribution < -0.4 is 69.5 Å². The van der Waals surface area contributed by atoms with Gasteiger partial charge in [-0.15, -0.1) is 0 Å². The molecule has 0 aromatic heterocycles. The Bertz CT molecular complexity index is 3930. The van der Waals surface area contributed by atoms with Gasteiger partial charge in [-0.3, -0.25) is 49.0 Å². The predicted octanol–water partition coefficient (Wildman–Crippen LogP) is 11.6. The highest BCUT2D eigenvalue weighted by atomic mass is 16.6. The van der Waals surface area contributed by atoms with E-state index in [2.05, 4.69) is 68.8 Å². The normalized spacial score (nSPS) is 22.7. The van der Waals surface area contributed by atoms with E-state index in [4.69, 9.17) is 57.8 Å². The van der Waals surface area contributed by atoms with Crippen LogP contribution in [0, 0.1) is 71.0 Å². The lowest BCUT2D eigenvalue weighted by Crippen LogP contribution is -2.55. The SMILES string of the molecule is CCC(CC)C(NC(C)=O)C1C(N=C(NC(=O)OC(C)(C)C)NC(=O)OC(C)(C)C)CC(C(=O)OC)C1O.CCC(CC)C(NC(C)=O)C1C(NC(=O)OC(C)(C)C)CC(C(=O)OC)C1O.CCC(CC)C(NC(C)=O)C1C(NC(=O)OC(C)(C)C)CC(C(=O)OC)C1OC(=O)NCCCCCCN.CCC(CC)C(NC(C)=O)C1C(NC(=O)OC(C)(C)C)CC(C(=O)OC)C1OC(=O)NCCCCCCNC. The van der Waals surface area contributed by atoms with Crippen LogP contribution in [0.15, 0.2) is 4.99 Å². The number of guanidine groups is 1. The molecule has 16 N–H and O–H groups in total. The minimum atomic E-state index is -1.20. The zero-order chi connectivity index (χ0) is 110. The van der Waals surface area contributed by atoms with Gasteiger partial charge in [0.1, 0.15) is 40.2 Å². The summed E-state index contributed by atoms with van der Waals surface area (Å²) in [4.78, 5) is 192. The highest BCUT2D eigenvalue weighted by Gasteiger charge is 2.58. The molecule has 4 rings (SSSR count). The Morgan fingerprint density at radius 1 is 0.336 bits per heavy atom. The molecule has 42 nitrogen and oxygen atoms in total. The van der Waals surface area contributed by atoms with Crippen molar-refractivity contribution in [1.82, 2.24) is 63.8 Å². The lowest BCUT2D eigenvalue weighted by atomic mass is 9.80. The molecule has 4 saturated carbocycles. The van der Waals surface area contributed by atoms with Crippen LogP contribution in [-0.2, 0) is 90.5 Å². The van der Waals surface area contributed by atoms with Crippen molar-refractivity contribution in [2.24, 2.45) is 81.7 Å². The van der Waals surface area contributed by atoms with Crippen LogP contribution in [-0.4, -0.2) is 269 Å². The fraction of sp³-hybridized carbons (Fsp3) is 0.842. The summed E-state index contributed by atoms with van der Waals surface area (Å²) in [6, 6.07) is -4.39. The first-order valence-corrected chi connectivity index (χ1v) is 51.2. The molecule has 0 aliphatic heterocycles. The monoisotopic (exact) mass is 2040 g/mol. The number of aliphatic hydroxyl groups excluding tert-OH is 2. The molecule has 11 amide bonds. The van der Waals surface area contributed by atoms with Crippen molar-refractivity contribution in [3.05, 3.63) is 0 Å². The van der Waals surface area contributed by atoms with E-state index in [0.717, 1.165) is 96.4 Å². The summed E-state index contributed by atoms with van der Waals surface area (Å²) in [6.45, 7) is 50.1. The quantitative estimate of drug-likeness (QED) is 0.00886. The van der Waals surface area contributed by atoms with Crippen molar-refractivity contribution in [3.8, 4) is 0 Å². The van der Waals surface area contributed by atoms with Gasteiger partial charge in [0.15, 0.2) is 0 Å². The molecule has 0 saturated heterocycles. The third-order valence-electron chi connectivity index (χ3n) is 25.6. The number of unbranched alkanes of at least 4 members (excludes halogenated alkanes) is 6. The Hall–Kier alpha value is -9.84. The molecule has 0 radical (unpaired) electrons. The number of aliphatic imine (C=N–C) groups is 1. The lowest BCUT2D eigenvalue weighted by molar-refractivity contribution is -0.150. The first-order valence-electron chi connectivity index (χ1n) is 51.2. The van der Waals surface area contributed by atoms with Crippen LogP contribution in [0.1, 0.15) is 315 Å². The largest absolute Gasteiger partial charge is 0.469 e. The van der Waals surface area contributed by atoms with E-state index in [1.165, 1.54) is 56.1 Å². The van der Waals surface area contributed by atoms with Gasteiger partial charge in [-0.2, -0.15) is 0 Å². The van der Waals surface area contributed by atoms with Crippen LogP contribution in [0.4, 0.5) is 33.6 Å². The topological polar surface area (TPSA) is 581 Å². The van der Waals surface area contributed by atoms with Gasteiger partial charge in [-0.25, -0.2) is 38.6 Å². The Morgan fingerprint density at radius 2 is 0.587 bits per heavy atom. The standard InChI is InChI=1S/C28H52N4O7.C27H50N4O7.C26H46N4O8.C20H36N2O6/c1-9-19(10-2)23(31-18(3)33)22-21(32-27(36)39-28(4,5)6)17-20(25(34)37-8)24(22)38-26(35)30-16-14-12-11-13-15-29-7;1-8-18(9-2)22(30-17(3)32)21-20(31-26(35)38-27(4,5)6)16-19(24(33)36-7)23(21)37-25(34)29-15-13-11-10-12-14-28;1-11-15(12-2)19(27-14(3)31)18-17(13-16(20(18)32)21(33)36-10)28-22(29-23(34)37-25(4,5)6)30-24(35)38-26(7,8)9;1-8-12(9-2)16(21-11(3)23)15-14(22-19(26)28-20(4,5)6)10-13(17(15)24)18(25)27-7/h19-24,29H,9-17H2,1-8H3,(H,30,35)(H,31,33)(H,32,36);18-23H,8-16,28H2,1-7H3,(H,29,34)(H,30,32)(H,31,35);15-20,32H,11-13H2,1-10H3,(H,27,31)(H2,28,29,30,34,35);12-17,24H,8-10H2,1-7H3,(H,21,23)(H,22,26). The van der Waals surface area contributed by atoms with Crippen LogP contribution in [0.25, 0.3) is 0 Å². The molecule has 0 aromatic carbocycles. The highest BCUT2D eigenvalue weighted by molar-refractivity contribution is 6.01. The first kappa shape index (κ1) is 131. The molecule has 4 aliphatic carbocycles. The molecular weight excluding hydrogens is 1860 g/mol. The molecule has 826 valence electrons. The van der Waals surface area contributed by atoms with Crippen LogP contribution in [0.2, 0.25) is 0 Å². The van der Waals surface area contributed by atoms with E-state index in [1.54, 1.807) is 104 Å². The maximum atomic E-state index is 12.9. The smallest absolute Gasteiger partial charge is 0.414 e. The second kappa shape index (κ2) is 64.2. The van der Waals surface area contributed by atoms with Crippen molar-refractivity contribution < 1.29 is 134 Å². The molecular formula is C101H184N14O28. The number of nitrogens with one attached hydrogen (secondary N) is 12. The number of nitrogens with zero attached hydrogens (tertiary/aromatic N) is 1. The van der Waals surface area contributed by atoms with Gasteiger partial charge in [0.05, 0.1) is 70.4 Å². The van der Waals surface area contributed by atoms with E-state index < -0.39 is 215 Å². The summed E-state index contributed by atoms with van der Waals surface area (Å²) >= 11 is 0. The molecule has 42 heteroatoms. The maximum absolute atomic E-state index is 12.9. The molecule has 0 bridgehead atoms. The summed E-state index contributed by atoms with van der Waals surface area (Å²) in [5.74, 6) is -9.20. The minimum absolute atomic E-state index is 0.0138. The zero-order valence-electron chi connectivity index (χ0n) is 91.9. The third kappa shape index (κ3) is 47.9. The van der Waals surface area contributed by atoms with Gasteiger partial charge in [-0.05, 0) is 199 Å². The number of amides is 11. The number of carbonyl (C=O) groups excluding carboxylic acids is 15. The van der Waals surface area contributed by atoms with Gasteiger partial charge < -0.3 is 121 Å². The molecule has 0 heterocycles. The Balaban J connectivity index is 0.000000960. The van der Waals surface area contributed by atoms with E-state index in [1.807, 2.05) is 62.4 Å². The highest BCUT2D eigenvalue weighted by Crippen LogP contribution is 2.45. The number of aliphatic hydroxyl groups is 2. The molecule has 4 fully saturated rings. The number of hydrogen-bond acceptors (Lipinski definition) is 31. The van der Waals surface area contributed by atoms with Crippen LogP contribution in [0.3, 0.4) is 0 Å². The molecule has 0 spiro atoms. The minimum Gasteiger partial charge on any atom is -0.469 e. The number of carbonyl (C=O) groups is 15. The second-order valence-corrected chi connectivity index (χ2v) is 42.3. The summed E-state index contributed by atoms with van der Waals surface area (Å²) in [5, 5.41) is 56.3. The number of methoxy groups -OCH3 is 4. The molecule has 20 atom stereocenters.